The van der Waals surface area contributed by atoms with Gasteiger partial charge in [0.1, 0.15) is 6.33 Å². The maximum Gasteiger partial charge on any atom is 0.116 e. The zero-order chi connectivity index (χ0) is 8.97. The highest BCUT2D eigenvalue weighted by Gasteiger charge is 1.96. The van der Waals surface area contributed by atoms with Crippen LogP contribution in [0.15, 0.2) is 24.9 Å². The standard InChI is InChI=1S/C9H10N2O/c1-3-9-8(4-7(2)12)5-10-6-11-9/h3-6,12H,1H2,2H3/b7-4+. The number of nitrogens with zero attached hydrogens (tertiary/aromatic N) is 2. The molecule has 0 unspecified atom stereocenters. The summed E-state index contributed by atoms with van der Waals surface area (Å²) in [5.41, 5.74) is 1.49. The lowest BCUT2D eigenvalue weighted by molar-refractivity contribution is 0.420. The van der Waals surface area contributed by atoms with Crippen LogP contribution in [-0.2, 0) is 0 Å². The second-order valence-electron chi connectivity index (χ2n) is 2.35. The van der Waals surface area contributed by atoms with Crippen molar-refractivity contribution in [2.24, 2.45) is 0 Å². The van der Waals surface area contributed by atoms with Crippen molar-refractivity contribution < 1.29 is 5.11 Å². The van der Waals surface area contributed by atoms with Gasteiger partial charge >= 0.3 is 0 Å². The third-order valence-corrected chi connectivity index (χ3v) is 1.33. The van der Waals surface area contributed by atoms with Gasteiger partial charge in [0.2, 0.25) is 0 Å². The summed E-state index contributed by atoms with van der Waals surface area (Å²) in [6, 6.07) is 0. The van der Waals surface area contributed by atoms with Crippen molar-refractivity contribution in [3.8, 4) is 0 Å². The lowest BCUT2D eigenvalue weighted by Gasteiger charge is -1.97. The Kier molecular flexibility index (Phi) is 2.58. The van der Waals surface area contributed by atoms with Crippen molar-refractivity contribution in [2.45, 2.75) is 6.92 Å². The molecule has 0 radical (unpaired) electrons. The van der Waals surface area contributed by atoms with E-state index in [0.717, 1.165) is 11.3 Å². The van der Waals surface area contributed by atoms with Crippen LogP contribution >= 0.6 is 0 Å². The first-order chi connectivity index (χ1) is 5.74. The van der Waals surface area contributed by atoms with Gasteiger partial charge in [0.15, 0.2) is 0 Å². The average Bonchev–Trinajstić information content (AvgIpc) is 2.04. The van der Waals surface area contributed by atoms with Crippen LogP contribution in [0.1, 0.15) is 18.2 Å². The molecule has 0 spiro atoms. The molecule has 0 aliphatic heterocycles. The number of aromatic nitrogens is 2. The summed E-state index contributed by atoms with van der Waals surface area (Å²) >= 11 is 0. The number of rotatable bonds is 2. The molecule has 0 aromatic carbocycles. The largest absolute Gasteiger partial charge is 0.513 e. The molecular weight excluding hydrogens is 152 g/mol. The Balaban J connectivity index is 3.14. The van der Waals surface area contributed by atoms with Crippen LogP contribution in [0.5, 0.6) is 0 Å². The average molecular weight is 162 g/mol. The fraction of sp³-hybridized carbons (Fsp3) is 0.111. The molecule has 0 fully saturated rings. The molecule has 0 bridgehead atoms. The van der Waals surface area contributed by atoms with Crippen LogP contribution < -0.4 is 0 Å². The van der Waals surface area contributed by atoms with Gasteiger partial charge in [-0.2, -0.15) is 0 Å². The second-order valence-corrected chi connectivity index (χ2v) is 2.35. The molecule has 1 rings (SSSR count). The van der Waals surface area contributed by atoms with Crippen LogP contribution in [0.3, 0.4) is 0 Å². The van der Waals surface area contributed by atoms with Gasteiger partial charge in [-0.3, -0.25) is 0 Å². The van der Waals surface area contributed by atoms with E-state index >= 15 is 0 Å². The predicted octanol–water partition coefficient (Wildman–Crippen LogP) is 2.04. The van der Waals surface area contributed by atoms with E-state index in [0.29, 0.717) is 0 Å². The minimum atomic E-state index is 0.230. The highest BCUT2D eigenvalue weighted by atomic mass is 16.3. The molecule has 12 heavy (non-hydrogen) atoms. The molecule has 0 amide bonds. The van der Waals surface area contributed by atoms with Gasteiger partial charge < -0.3 is 5.11 Å². The van der Waals surface area contributed by atoms with E-state index in [1.807, 2.05) is 0 Å². The number of allylic oxidation sites excluding steroid dienone is 1. The van der Waals surface area contributed by atoms with Crippen molar-refractivity contribution in [1.82, 2.24) is 9.97 Å². The second kappa shape index (κ2) is 3.67. The van der Waals surface area contributed by atoms with E-state index < -0.39 is 0 Å². The van der Waals surface area contributed by atoms with Crippen molar-refractivity contribution in [3.05, 3.63) is 36.1 Å². The molecule has 0 atom stereocenters. The molecule has 0 saturated carbocycles. The van der Waals surface area contributed by atoms with E-state index in [4.69, 9.17) is 5.11 Å². The summed E-state index contributed by atoms with van der Waals surface area (Å²) in [6.07, 6.45) is 6.29. The molecule has 3 nitrogen and oxygen atoms in total. The summed E-state index contributed by atoms with van der Waals surface area (Å²) in [7, 11) is 0. The Hall–Kier alpha value is -1.64. The number of hydrogen-bond donors (Lipinski definition) is 1. The molecule has 1 aromatic rings. The normalized spacial score (nSPS) is 11.2. The van der Waals surface area contributed by atoms with Crippen molar-refractivity contribution in [1.29, 1.82) is 0 Å². The third-order valence-electron chi connectivity index (χ3n) is 1.33. The molecule has 0 aliphatic carbocycles. The highest BCUT2D eigenvalue weighted by molar-refractivity contribution is 5.60. The van der Waals surface area contributed by atoms with Crippen molar-refractivity contribution >= 4 is 12.2 Å². The van der Waals surface area contributed by atoms with Gasteiger partial charge in [0.25, 0.3) is 0 Å². The number of hydrogen-bond acceptors (Lipinski definition) is 3. The molecule has 62 valence electrons. The van der Waals surface area contributed by atoms with E-state index in [2.05, 4.69) is 16.5 Å². The van der Waals surface area contributed by atoms with Gasteiger partial charge in [0, 0.05) is 11.8 Å². The van der Waals surface area contributed by atoms with Crippen LogP contribution in [-0.4, -0.2) is 15.1 Å². The monoisotopic (exact) mass is 162 g/mol. The molecule has 1 N–H and O–H groups in total. The summed E-state index contributed by atoms with van der Waals surface area (Å²) < 4.78 is 0. The van der Waals surface area contributed by atoms with Gasteiger partial charge in [-0.1, -0.05) is 6.58 Å². The first-order valence-electron chi connectivity index (χ1n) is 3.53. The SMILES string of the molecule is C=Cc1ncncc1/C=C(\C)O. The molecule has 0 aliphatic rings. The predicted molar refractivity (Wildman–Crippen MR) is 48.4 cm³/mol. The lowest BCUT2D eigenvalue weighted by Crippen LogP contribution is -1.88. The van der Waals surface area contributed by atoms with Gasteiger partial charge in [-0.15, -0.1) is 0 Å². The molecule has 3 heteroatoms. The number of aliphatic hydroxyl groups excluding tert-OH is 1. The maximum atomic E-state index is 9.00. The minimum Gasteiger partial charge on any atom is -0.513 e. The Bertz CT molecular complexity index is 314. The Morgan fingerprint density at radius 3 is 3.00 bits per heavy atom. The van der Waals surface area contributed by atoms with E-state index in [-0.39, 0.29) is 5.76 Å². The van der Waals surface area contributed by atoms with Gasteiger partial charge in [-0.05, 0) is 19.1 Å². The van der Waals surface area contributed by atoms with E-state index in [1.54, 1.807) is 25.3 Å². The molecule has 1 aromatic heterocycles. The number of aliphatic hydroxyl groups is 1. The quantitative estimate of drug-likeness (QED) is 0.677. The Morgan fingerprint density at radius 2 is 2.42 bits per heavy atom. The summed E-state index contributed by atoms with van der Waals surface area (Å²) in [4.78, 5) is 7.80. The Labute approximate surface area is 71.1 Å². The highest BCUT2D eigenvalue weighted by Crippen LogP contribution is 2.08. The van der Waals surface area contributed by atoms with Crippen molar-refractivity contribution in [2.75, 3.05) is 0 Å². The molecule has 1 heterocycles. The van der Waals surface area contributed by atoms with E-state index in [1.165, 1.54) is 6.33 Å². The molecular formula is C9H10N2O. The van der Waals surface area contributed by atoms with Gasteiger partial charge in [0.05, 0.1) is 11.5 Å². The van der Waals surface area contributed by atoms with Crippen LogP contribution in [0.4, 0.5) is 0 Å². The summed E-state index contributed by atoms with van der Waals surface area (Å²) in [5.74, 6) is 0.230. The first-order valence-corrected chi connectivity index (χ1v) is 3.53. The van der Waals surface area contributed by atoms with Crippen LogP contribution in [0.2, 0.25) is 0 Å². The van der Waals surface area contributed by atoms with Crippen molar-refractivity contribution in [3.63, 3.8) is 0 Å². The molecule has 0 saturated heterocycles. The maximum absolute atomic E-state index is 9.00. The first kappa shape index (κ1) is 8.46. The summed E-state index contributed by atoms with van der Waals surface area (Å²) in [6.45, 7) is 5.19. The van der Waals surface area contributed by atoms with Crippen LogP contribution in [0, 0.1) is 0 Å². The minimum absolute atomic E-state index is 0.230. The lowest BCUT2D eigenvalue weighted by atomic mass is 10.2. The van der Waals surface area contributed by atoms with Gasteiger partial charge in [-0.25, -0.2) is 9.97 Å². The zero-order valence-electron chi connectivity index (χ0n) is 6.86. The zero-order valence-corrected chi connectivity index (χ0v) is 6.86. The smallest absolute Gasteiger partial charge is 0.116 e. The topological polar surface area (TPSA) is 46.0 Å². The summed E-state index contributed by atoms with van der Waals surface area (Å²) in [5, 5.41) is 9.00. The third kappa shape index (κ3) is 1.92. The van der Waals surface area contributed by atoms with Crippen LogP contribution in [0.25, 0.3) is 12.2 Å². The van der Waals surface area contributed by atoms with E-state index in [9.17, 15) is 0 Å². The fourth-order valence-electron chi connectivity index (χ4n) is 0.857. The Morgan fingerprint density at radius 1 is 1.67 bits per heavy atom. The fourth-order valence-corrected chi connectivity index (χ4v) is 0.857.